The fourth-order valence-electron chi connectivity index (χ4n) is 2.71. The van der Waals surface area contributed by atoms with Crippen molar-refractivity contribution in [2.45, 2.75) is 0 Å². The second-order valence-electron chi connectivity index (χ2n) is 5.17. The number of para-hydroxylation sites is 1. The lowest BCUT2D eigenvalue weighted by Crippen LogP contribution is -1.62. The van der Waals surface area contributed by atoms with Crippen LogP contribution in [0.15, 0.2) is 89.5 Å². The Morgan fingerprint density at radius 3 is 1.86 bits per heavy atom. The van der Waals surface area contributed by atoms with E-state index in [-0.39, 0.29) is 0 Å². The van der Waals surface area contributed by atoms with E-state index in [0.717, 1.165) is 19.2 Å². The Morgan fingerprint density at radius 2 is 1.18 bits per heavy atom. The molecule has 0 N–H and O–H groups in total. The Labute approximate surface area is 130 Å². The molecule has 0 saturated heterocycles. The second-order valence-corrected chi connectivity index (χ2v) is 6.50. The zero-order chi connectivity index (χ0) is 14.8. The lowest BCUT2D eigenvalue weighted by atomic mass is 10.2. The van der Waals surface area contributed by atoms with Crippen molar-refractivity contribution >= 4 is 40.2 Å². The molecule has 0 unspecified atom stereocenters. The molecule has 0 atom stereocenters. The van der Waals surface area contributed by atoms with Crippen molar-refractivity contribution in [2.24, 2.45) is 0 Å². The van der Waals surface area contributed by atoms with Crippen molar-refractivity contribution in [2.75, 3.05) is 0 Å². The molecule has 1 nitrogen and oxygen atoms in total. The van der Waals surface area contributed by atoms with Crippen LogP contribution in [0, 0.1) is 0 Å². The van der Waals surface area contributed by atoms with Gasteiger partial charge in [0.15, 0.2) is 0 Å². The van der Waals surface area contributed by atoms with Gasteiger partial charge in [-0.25, -0.2) is 0 Å². The maximum Gasteiger partial charge on any atom is 0.133 e. The van der Waals surface area contributed by atoms with Crippen LogP contribution in [0.1, 0.15) is 0 Å². The van der Waals surface area contributed by atoms with Gasteiger partial charge in [0.05, 0.1) is 6.26 Å². The van der Waals surface area contributed by atoms with Crippen LogP contribution in [0.2, 0.25) is 0 Å². The third kappa shape index (κ3) is 2.41. The Bertz CT molecular complexity index is 959. The topological polar surface area (TPSA) is 13.1 Å². The molecule has 3 aromatic carbocycles. The van der Waals surface area contributed by atoms with E-state index in [1.54, 1.807) is 6.26 Å². The molecule has 0 bridgehead atoms. The van der Waals surface area contributed by atoms with E-state index < -0.39 is 0 Å². The molecule has 0 radical (unpaired) electrons. The highest BCUT2D eigenvalue weighted by atomic mass is 31.0. The van der Waals surface area contributed by atoms with Crippen molar-refractivity contribution in [1.29, 1.82) is 0 Å². The highest BCUT2D eigenvalue weighted by Gasteiger charge is 2.00. The van der Waals surface area contributed by atoms with E-state index >= 15 is 0 Å². The van der Waals surface area contributed by atoms with E-state index in [2.05, 4.69) is 48.5 Å². The SMILES string of the molecule is c1ccc2c(c1)[pH]c1ccccc12.c1ccc2occc2c1. The molecule has 0 saturated carbocycles. The van der Waals surface area contributed by atoms with Crippen LogP contribution >= 0.6 is 8.19 Å². The van der Waals surface area contributed by atoms with Crippen LogP contribution < -0.4 is 0 Å². The van der Waals surface area contributed by atoms with E-state index in [4.69, 9.17) is 4.42 Å². The number of benzene rings is 3. The van der Waals surface area contributed by atoms with Crippen LogP contribution in [0.5, 0.6) is 0 Å². The predicted octanol–water partition coefficient (Wildman–Crippen LogP) is 6.46. The van der Waals surface area contributed by atoms with Gasteiger partial charge >= 0.3 is 0 Å². The molecule has 0 amide bonds. The molecule has 5 rings (SSSR count). The summed E-state index contributed by atoms with van der Waals surface area (Å²) in [7, 11) is 0.851. The van der Waals surface area contributed by atoms with Crippen molar-refractivity contribution < 1.29 is 4.42 Å². The van der Waals surface area contributed by atoms with Crippen molar-refractivity contribution in [3.05, 3.63) is 85.1 Å². The molecule has 0 fully saturated rings. The predicted molar refractivity (Wildman–Crippen MR) is 97.2 cm³/mol. The minimum Gasteiger partial charge on any atom is -0.464 e. The quantitative estimate of drug-likeness (QED) is 0.320. The standard InChI is InChI=1S/C12H9P.C8H6O/c1-3-7-11-9(5-1)10-6-2-4-8-12(10)13-11;1-2-4-8-7(3-1)5-6-9-8/h1-8,13H;1-6H. The number of furan rings is 1. The summed E-state index contributed by atoms with van der Waals surface area (Å²) in [4.78, 5) is 0. The van der Waals surface area contributed by atoms with Gasteiger partial charge in [0.2, 0.25) is 0 Å². The van der Waals surface area contributed by atoms with E-state index in [0.29, 0.717) is 0 Å². The normalized spacial score (nSPS) is 10.7. The lowest BCUT2D eigenvalue weighted by molar-refractivity contribution is 0.616. The largest absolute Gasteiger partial charge is 0.464 e. The van der Waals surface area contributed by atoms with Gasteiger partial charge in [-0.3, -0.25) is 0 Å². The monoisotopic (exact) mass is 302 g/mol. The summed E-state index contributed by atoms with van der Waals surface area (Å²) in [5, 5.41) is 7.00. The average molecular weight is 302 g/mol. The first-order valence-electron chi connectivity index (χ1n) is 7.29. The summed E-state index contributed by atoms with van der Waals surface area (Å²) in [6.07, 6.45) is 1.70. The zero-order valence-electron chi connectivity index (χ0n) is 12.0. The maximum absolute atomic E-state index is 5.12. The van der Waals surface area contributed by atoms with Gasteiger partial charge < -0.3 is 4.42 Å². The van der Waals surface area contributed by atoms with Gasteiger partial charge in [-0.1, -0.05) is 66.7 Å². The minimum absolute atomic E-state index is 0.851. The summed E-state index contributed by atoms with van der Waals surface area (Å²) in [6, 6.07) is 27.3. The summed E-state index contributed by atoms with van der Waals surface area (Å²) < 4.78 is 5.12. The van der Waals surface area contributed by atoms with Crippen LogP contribution in [0.3, 0.4) is 0 Å². The zero-order valence-corrected chi connectivity index (χ0v) is 13.0. The van der Waals surface area contributed by atoms with Gasteiger partial charge in [0, 0.05) is 5.39 Å². The third-order valence-electron chi connectivity index (χ3n) is 3.78. The number of hydrogen-bond donors (Lipinski definition) is 0. The Balaban J connectivity index is 0.000000122. The molecule has 2 aromatic heterocycles. The molecule has 0 aliphatic rings. The highest BCUT2D eigenvalue weighted by Crippen LogP contribution is 2.36. The smallest absolute Gasteiger partial charge is 0.133 e. The summed E-state index contributed by atoms with van der Waals surface area (Å²) in [5.41, 5.74) is 0.956. The molecule has 2 heterocycles. The van der Waals surface area contributed by atoms with Gasteiger partial charge in [-0.05, 0) is 33.1 Å². The molecular weight excluding hydrogens is 287 g/mol. The first kappa shape index (κ1) is 13.2. The number of rotatable bonds is 0. The second kappa shape index (κ2) is 5.71. The van der Waals surface area contributed by atoms with Gasteiger partial charge in [0.1, 0.15) is 5.58 Å². The number of fused-ring (bicyclic) bond motifs is 4. The summed E-state index contributed by atoms with van der Waals surface area (Å²) in [5.74, 6) is 0. The fraction of sp³-hybridized carbons (Fsp3) is 0. The summed E-state index contributed by atoms with van der Waals surface area (Å²) in [6.45, 7) is 0. The van der Waals surface area contributed by atoms with Crippen LogP contribution in [0.25, 0.3) is 32.0 Å². The van der Waals surface area contributed by atoms with Crippen LogP contribution in [0.4, 0.5) is 0 Å². The minimum atomic E-state index is 0.851. The molecule has 2 heteroatoms. The van der Waals surface area contributed by atoms with Gasteiger partial charge in [-0.15, -0.1) is 8.19 Å². The van der Waals surface area contributed by atoms with Crippen molar-refractivity contribution in [1.82, 2.24) is 0 Å². The highest BCUT2D eigenvalue weighted by molar-refractivity contribution is 7.43. The molecule has 5 aromatic rings. The molecule has 22 heavy (non-hydrogen) atoms. The van der Waals surface area contributed by atoms with Gasteiger partial charge in [-0.2, -0.15) is 0 Å². The van der Waals surface area contributed by atoms with Crippen LogP contribution in [-0.2, 0) is 0 Å². The van der Waals surface area contributed by atoms with E-state index in [1.165, 1.54) is 21.0 Å². The molecule has 0 aliphatic heterocycles. The molecular formula is C20H15OP. The maximum atomic E-state index is 5.12. The summed E-state index contributed by atoms with van der Waals surface area (Å²) >= 11 is 0. The lowest BCUT2D eigenvalue weighted by Gasteiger charge is -1.89. The Kier molecular flexibility index (Phi) is 3.42. The molecule has 0 aliphatic carbocycles. The molecule has 0 spiro atoms. The Hall–Kier alpha value is -2.50. The Morgan fingerprint density at radius 1 is 0.591 bits per heavy atom. The van der Waals surface area contributed by atoms with E-state index in [1.807, 2.05) is 30.3 Å². The van der Waals surface area contributed by atoms with Crippen molar-refractivity contribution in [3.63, 3.8) is 0 Å². The fourth-order valence-corrected chi connectivity index (χ4v) is 4.06. The molecule has 106 valence electrons. The van der Waals surface area contributed by atoms with E-state index in [9.17, 15) is 0 Å². The van der Waals surface area contributed by atoms with Crippen molar-refractivity contribution in [3.8, 4) is 0 Å². The first-order valence-corrected chi connectivity index (χ1v) is 8.29. The average Bonchev–Trinajstić information content (AvgIpc) is 3.19. The van der Waals surface area contributed by atoms with Gasteiger partial charge in [0.25, 0.3) is 0 Å². The number of hydrogen-bond acceptors (Lipinski definition) is 1. The third-order valence-corrected chi connectivity index (χ3v) is 5.19. The van der Waals surface area contributed by atoms with Crippen LogP contribution in [-0.4, -0.2) is 0 Å². The first-order chi connectivity index (χ1) is 10.9.